The van der Waals surface area contributed by atoms with Gasteiger partial charge in [0.05, 0.1) is 12.7 Å². The number of hydrogen-bond donors (Lipinski definition) is 1. The third-order valence-corrected chi connectivity index (χ3v) is 3.63. The second kappa shape index (κ2) is 5.17. The van der Waals surface area contributed by atoms with E-state index >= 15 is 0 Å². The van der Waals surface area contributed by atoms with Crippen molar-refractivity contribution in [3.8, 4) is 0 Å². The van der Waals surface area contributed by atoms with Crippen LogP contribution in [0.1, 0.15) is 23.9 Å². The second-order valence-corrected chi connectivity index (χ2v) is 5.06. The lowest BCUT2D eigenvalue weighted by molar-refractivity contribution is -0.0234. The highest BCUT2D eigenvalue weighted by Gasteiger charge is 2.26. The number of carbonyl (C=O) groups is 1. The summed E-state index contributed by atoms with van der Waals surface area (Å²) in [5, 5.41) is 0.855. The number of hydrogen-bond acceptors (Lipinski definition) is 4. The average molecular weight is 274 g/mol. The van der Waals surface area contributed by atoms with Gasteiger partial charge in [0, 0.05) is 24.2 Å². The van der Waals surface area contributed by atoms with E-state index in [1.165, 1.54) is 0 Å². The number of fused-ring (bicyclic) bond motifs is 1. The van der Waals surface area contributed by atoms with Gasteiger partial charge in [0.1, 0.15) is 5.58 Å². The molecule has 106 valence electrons. The third kappa shape index (κ3) is 2.36. The molecule has 1 aromatic carbocycles. The SMILES string of the molecule is CCC1CN(C(=O)c2cc3cc(N)ccc3o2)CCO1. The Kier molecular flexibility index (Phi) is 3.36. The molecule has 0 aliphatic carbocycles. The Labute approximate surface area is 117 Å². The summed E-state index contributed by atoms with van der Waals surface area (Å²) in [5.74, 6) is 0.281. The van der Waals surface area contributed by atoms with Gasteiger partial charge in [-0.3, -0.25) is 4.79 Å². The number of anilines is 1. The Balaban J connectivity index is 1.84. The quantitative estimate of drug-likeness (QED) is 0.853. The van der Waals surface area contributed by atoms with Crippen LogP contribution in [0.4, 0.5) is 5.69 Å². The smallest absolute Gasteiger partial charge is 0.289 e. The van der Waals surface area contributed by atoms with Crippen molar-refractivity contribution >= 4 is 22.6 Å². The standard InChI is InChI=1S/C15H18N2O3/c1-2-12-9-17(5-6-19-12)15(18)14-8-10-7-11(16)3-4-13(10)20-14/h3-4,7-8,12H,2,5-6,9,16H2,1H3. The lowest BCUT2D eigenvalue weighted by Crippen LogP contribution is -2.45. The first-order valence-electron chi connectivity index (χ1n) is 6.87. The largest absolute Gasteiger partial charge is 0.451 e. The van der Waals surface area contributed by atoms with Gasteiger partial charge in [-0.15, -0.1) is 0 Å². The molecule has 5 nitrogen and oxygen atoms in total. The van der Waals surface area contributed by atoms with E-state index in [2.05, 4.69) is 6.92 Å². The molecule has 1 fully saturated rings. The van der Waals surface area contributed by atoms with Crippen molar-refractivity contribution in [3.63, 3.8) is 0 Å². The topological polar surface area (TPSA) is 68.7 Å². The highest BCUT2D eigenvalue weighted by Crippen LogP contribution is 2.23. The minimum absolute atomic E-state index is 0.0819. The summed E-state index contributed by atoms with van der Waals surface area (Å²) in [5.41, 5.74) is 7.08. The van der Waals surface area contributed by atoms with Gasteiger partial charge < -0.3 is 19.8 Å². The van der Waals surface area contributed by atoms with Crippen LogP contribution in [0.3, 0.4) is 0 Å². The molecule has 5 heteroatoms. The molecule has 1 aliphatic rings. The van der Waals surface area contributed by atoms with E-state index in [1.807, 2.05) is 6.07 Å². The number of morpholine rings is 1. The third-order valence-electron chi connectivity index (χ3n) is 3.63. The molecule has 0 spiro atoms. The molecule has 1 atom stereocenters. The van der Waals surface area contributed by atoms with Gasteiger partial charge in [-0.25, -0.2) is 0 Å². The fraction of sp³-hybridized carbons (Fsp3) is 0.400. The van der Waals surface area contributed by atoms with E-state index in [9.17, 15) is 4.79 Å². The molecule has 0 saturated carbocycles. The second-order valence-electron chi connectivity index (χ2n) is 5.06. The molecular formula is C15H18N2O3. The van der Waals surface area contributed by atoms with Crippen LogP contribution in [0.2, 0.25) is 0 Å². The Hall–Kier alpha value is -2.01. The molecule has 2 heterocycles. The fourth-order valence-corrected chi connectivity index (χ4v) is 2.47. The predicted octanol–water partition coefficient (Wildman–Crippen LogP) is 2.27. The Bertz CT molecular complexity index is 635. The first-order chi connectivity index (χ1) is 9.67. The van der Waals surface area contributed by atoms with Crippen molar-refractivity contribution in [1.29, 1.82) is 0 Å². The number of ether oxygens (including phenoxy) is 1. The van der Waals surface area contributed by atoms with Crippen molar-refractivity contribution < 1.29 is 13.9 Å². The maximum Gasteiger partial charge on any atom is 0.289 e. The number of nitrogens with zero attached hydrogens (tertiary/aromatic N) is 1. The number of nitrogens with two attached hydrogens (primary N) is 1. The summed E-state index contributed by atoms with van der Waals surface area (Å²) in [4.78, 5) is 14.3. The summed E-state index contributed by atoms with van der Waals surface area (Å²) >= 11 is 0. The monoisotopic (exact) mass is 274 g/mol. The molecule has 1 saturated heterocycles. The van der Waals surface area contributed by atoms with Crippen molar-refractivity contribution in [2.45, 2.75) is 19.4 Å². The van der Waals surface area contributed by atoms with Gasteiger partial charge in [0.25, 0.3) is 5.91 Å². The van der Waals surface area contributed by atoms with Crippen LogP contribution >= 0.6 is 0 Å². The van der Waals surface area contributed by atoms with Crippen molar-refractivity contribution in [2.75, 3.05) is 25.4 Å². The molecule has 1 unspecified atom stereocenters. The van der Waals surface area contributed by atoms with Gasteiger partial charge in [-0.1, -0.05) is 6.92 Å². The minimum Gasteiger partial charge on any atom is -0.451 e. The van der Waals surface area contributed by atoms with Crippen molar-refractivity contribution in [3.05, 3.63) is 30.0 Å². The lowest BCUT2D eigenvalue weighted by atomic mass is 10.2. The number of rotatable bonds is 2. The summed E-state index contributed by atoms with van der Waals surface area (Å²) < 4.78 is 11.2. The zero-order chi connectivity index (χ0) is 14.1. The van der Waals surface area contributed by atoms with Crippen LogP contribution in [0, 0.1) is 0 Å². The zero-order valence-electron chi connectivity index (χ0n) is 11.5. The van der Waals surface area contributed by atoms with E-state index in [-0.39, 0.29) is 12.0 Å². The molecule has 1 aliphatic heterocycles. The van der Waals surface area contributed by atoms with Crippen LogP contribution in [0.15, 0.2) is 28.7 Å². The molecule has 3 rings (SSSR count). The first-order valence-corrected chi connectivity index (χ1v) is 6.87. The number of carbonyl (C=O) groups excluding carboxylic acids is 1. The molecule has 20 heavy (non-hydrogen) atoms. The Morgan fingerprint density at radius 1 is 1.45 bits per heavy atom. The number of furan rings is 1. The van der Waals surface area contributed by atoms with Gasteiger partial charge in [-0.2, -0.15) is 0 Å². The highest BCUT2D eigenvalue weighted by molar-refractivity contribution is 5.96. The summed E-state index contributed by atoms with van der Waals surface area (Å²) in [6, 6.07) is 7.12. The van der Waals surface area contributed by atoms with E-state index in [0.29, 0.717) is 36.7 Å². The molecule has 2 N–H and O–H groups in total. The zero-order valence-corrected chi connectivity index (χ0v) is 11.5. The fourth-order valence-electron chi connectivity index (χ4n) is 2.47. The predicted molar refractivity (Wildman–Crippen MR) is 76.6 cm³/mol. The van der Waals surface area contributed by atoms with Crippen molar-refractivity contribution in [2.24, 2.45) is 0 Å². The highest BCUT2D eigenvalue weighted by atomic mass is 16.5. The molecule has 0 bridgehead atoms. The van der Waals surface area contributed by atoms with Crippen LogP contribution in [-0.2, 0) is 4.74 Å². The Morgan fingerprint density at radius 3 is 3.10 bits per heavy atom. The van der Waals surface area contributed by atoms with E-state index in [1.54, 1.807) is 23.1 Å². The summed E-state index contributed by atoms with van der Waals surface area (Å²) in [6.07, 6.45) is 1.02. The van der Waals surface area contributed by atoms with Crippen LogP contribution < -0.4 is 5.73 Å². The molecule has 1 aromatic heterocycles. The maximum absolute atomic E-state index is 12.5. The van der Waals surface area contributed by atoms with E-state index in [0.717, 1.165) is 11.8 Å². The number of amides is 1. The van der Waals surface area contributed by atoms with Crippen LogP contribution in [0.5, 0.6) is 0 Å². The first kappa shape index (κ1) is 13.0. The van der Waals surface area contributed by atoms with Gasteiger partial charge in [0.2, 0.25) is 0 Å². The Morgan fingerprint density at radius 2 is 2.30 bits per heavy atom. The van der Waals surface area contributed by atoms with E-state index < -0.39 is 0 Å². The van der Waals surface area contributed by atoms with Gasteiger partial charge >= 0.3 is 0 Å². The normalized spacial score (nSPS) is 19.4. The summed E-state index contributed by atoms with van der Waals surface area (Å²) in [6.45, 7) is 3.86. The minimum atomic E-state index is -0.0819. The molecular weight excluding hydrogens is 256 g/mol. The van der Waals surface area contributed by atoms with Crippen LogP contribution in [-0.4, -0.2) is 36.6 Å². The van der Waals surface area contributed by atoms with Gasteiger partial charge in [-0.05, 0) is 30.7 Å². The van der Waals surface area contributed by atoms with E-state index in [4.69, 9.17) is 14.9 Å². The summed E-state index contributed by atoms with van der Waals surface area (Å²) in [7, 11) is 0. The maximum atomic E-state index is 12.5. The number of benzene rings is 1. The average Bonchev–Trinajstić information content (AvgIpc) is 2.89. The number of nitrogen functional groups attached to an aromatic ring is 1. The molecule has 0 radical (unpaired) electrons. The van der Waals surface area contributed by atoms with Gasteiger partial charge in [0.15, 0.2) is 5.76 Å². The molecule has 1 amide bonds. The lowest BCUT2D eigenvalue weighted by Gasteiger charge is -2.31. The van der Waals surface area contributed by atoms with Crippen LogP contribution in [0.25, 0.3) is 11.0 Å². The van der Waals surface area contributed by atoms with Crippen molar-refractivity contribution in [1.82, 2.24) is 4.90 Å². The molecule has 2 aromatic rings.